The molecule has 2 heterocycles. The Bertz CT molecular complexity index is 1750. The molecule has 2 atom stereocenters. The normalized spacial score (nSPS) is 16.3. The number of rotatable bonds is 10. The van der Waals surface area contributed by atoms with Gasteiger partial charge in [-0.25, -0.2) is 4.98 Å². The number of amides is 3. The van der Waals surface area contributed by atoms with Crippen molar-refractivity contribution in [3.05, 3.63) is 107 Å². The maximum Gasteiger partial charge on any atom is 0.299 e. The molecule has 4 aromatic rings. The number of ketones is 1. The third kappa shape index (κ3) is 6.41. The van der Waals surface area contributed by atoms with Gasteiger partial charge in [0, 0.05) is 16.6 Å². The van der Waals surface area contributed by atoms with Gasteiger partial charge < -0.3 is 15.0 Å². The fourth-order valence-corrected chi connectivity index (χ4v) is 6.65. The molecule has 0 fully saturated rings. The van der Waals surface area contributed by atoms with Crippen LogP contribution in [0.3, 0.4) is 0 Å². The van der Waals surface area contributed by atoms with Crippen molar-refractivity contribution in [3.63, 3.8) is 0 Å². The van der Waals surface area contributed by atoms with Gasteiger partial charge in [-0.05, 0) is 61.6 Å². The fraction of sp³-hybridized carbons (Fsp3) is 0.229. The Kier molecular flexibility index (Phi) is 8.84. The van der Waals surface area contributed by atoms with E-state index in [0.717, 1.165) is 17.7 Å². The number of ether oxygens (including phenoxy) is 1. The lowest BCUT2D eigenvalue weighted by Gasteiger charge is -2.37. The lowest BCUT2D eigenvalue weighted by molar-refractivity contribution is -0.140. The van der Waals surface area contributed by atoms with Gasteiger partial charge in [-0.15, -0.1) is 11.3 Å². The highest BCUT2D eigenvalue weighted by Crippen LogP contribution is 2.32. The van der Waals surface area contributed by atoms with E-state index in [4.69, 9.17) is 9.72 Å². The molecule has 3 aromatic carbocycles. The molecule has 1 aliphatic carbocycles. The monoisotopic (exact) mass is 620 g/mol. The average Bonchev–Trinajstić information content (AvgIpc) is 3.64. The Hall–Kier alpha value is -5.09. The van der Waals surface area contributed by atoms with Crippen LogP contribution in [0.25, 0.3) is 11.3 Å². The van der Waals surface area contributed by atoms with Crippen LogP contribution in [0, 0.1) is 5.92 Å². The summed E-state index contributed by atoms with van der Waals surface area (Å²) >= 11 is 1.41. The van der Waals surface area contributed by atoms with Crippen molar-refractivity contribution in [3.8, 4) is 17.0 Å². The number of hydrogen-bond acceptors (Lipinski definition) is 7. The van der Waals surface area contributed by atoms with E-state index in [1.54, 1.807) is 55.6 Å². The van der Waals surface area contributed by atoms with Gasteiger partial charge in [-0.1, -0.05) is 54.6 Å². The maximum absolute atomic E-state index is 14.3. The first-order valence-corrected chi connectivity index (χ1v) is 15.7. The molecule has 1 N–H and O–H groups in total. The molecular weight excluding hydrogens is 588 g/mol. The van der Waals surface area contributed by atoms with Crippen LogP contribution in [0.5, 0.6) is 5.75 Å². The number of para-hydroxylation sites is 1. The minimum atomic E-state index is -0.864. The second-order valence-electron chi connectivity index (χ2n) is 11.0. The van der Waals surface area contributed by atoms with Gasteiger partial charge in [0.1, 0.15) is 23.3 Å². The number of hydrogen-bond donors (Lipinski definition) is 1. The zero-order valence-corrected chi connectivity index (χ0v) is 25.5. The van der Waals surface area contributed by atoms with Crippen molar-refractivity contribution >= 4 is 46.2 Å². The van der Waals surface area contributed by atoms with Crippen molar-refractivity contribution in [2.45, 2.75) is 31.8 Å². The van der Waals surface area contributed by atoms with E-state index in [1.165, 1.54) is 21.1 Å². The van der Waals surface area contributed by atoms with E-state index in [1.807, 2.05) is 41.8 Å². The van der Waals surface area contributed by atoms with E-state index in [2.05, 4.69) is 11.4 Å². The Balaban J connectivity index is 1.35. The molecule has 0 radical (unpaired) electrons. The number of Topliss-reactive ketones (excluding diaryl/α,β-unsaturated/α-hetero) is 1. The second kappa shape index (κ2) is 13.3. The van der Waals surface area contributed by atoms with Crippen LogP contribution in [0.1, 0.15) is 34.6 Å². The summed E-state index contributed by atoms with van der Waals surface area (Å²) in [6.45, 7) is -0.317. The van der Waals surface area contributed by atoms with Crippen molar-refractivity contribution in [1.82, 2.24) is 9.88 Å². The predicted octanol–water partition coefficient (Wildman–Crippen LogP) is 5.74. The largest absolute Gasteiger partial charge is 0.497 e. The van der Waals surface area contributed by atoms with Gasteiger partial charge in [0.25, 0.3) is 11.7 Å². The summed E-state index contributed by atoms with van der Waals surface area (Å²) in [5, 5.41) is 5.59. The zero-order chi connectivity index (χ0) is 31.3. The van der Waals surface area contributed by atoms with E-state index in [0.29, 0.717) is 35.0 Å². The summed E-state index contributed by atoms with van der Waals surface area (Å²) in [6.07, 6.45) is 6.22. The molecule has 2 aliphatic rings. The van der Waals surface area contributed by atoms with Crippen LogP contribution in [0.2, 0.25) is 0 Å². The van der Waals surface area contributed by atoms with Gasteiger partial charge in [-0.2, -0.15) is 0 Å². The Morgan fingerprint density at radius 3 is 2.51 bits per heavy atom. The SMILES string of the molecule is COc1ccc(NC(=O)C(C2CC=CCC2)N(Cc2nc(-c3ccccc3)cs2)C(=O)CN2C(=O)C(=O)c3ccccc32)cc1. The first kappa shape index (κ1) is 30.0. The first-order valence-electron chi connectivity index (χ1n) is 14.8. The molecule has 0 spiro atoms. The molecule has 3 amide bonds. The second-order valence-corrected chi connectivity index (χ2v) is 11.9. The van der Waals surface area contributed by atoms with E-state index >= 15 is 0 Å². The van der Waals surface area contributed by atoms with Crippen LogP contribution >= 0.6 is 11.3 Å². The number of anilines is 2. The molecule has 228 valence electrons. The highest BCUT2D eigenvalue weighted by molar-refractivity contribution is 7.09. The minimum Gasteiger partial charge on any atom is -0.497 e. The van der Waals surface area contributed by atoms with E-state index in [-0.39, 0.29) is 30.5 Å². The summed E-state index contributed by atoms with van der Waals surface area (Å²) in [7, 11) is 1.57. The van der Waals surface area contributed by atoms with Crippen molar-refractivity contribution < 1.29 is 23.9 Å². The Labute approximate surface area is 265 Å². The average molecular weight is 621 g/mol. The van der Waals surface area contributed by atoms with Crippen LogP contribution in [0.15, 0.2) is 96.4 Å². The smallest absolute Gasteiger partial charge is 0.299 e. The number of allylic oxidation sites excluding steroid dienone is 2. The van der Waals surface area contributed by atoms with Crippen molar-refractivity contribution in [2.75, 3.05) is 23.9 Å². The molecule has 10 heteroatoms. The quantitative estimate of drug-likeness (QED) is 0.179. The molecule has 2 unspecified atom stereocenters. The summed E-state index contributed by atoms with van der Waals surface area (Å²) in [5.74, 6) is -1.71. The first-order chi connectivity index (χ1) is 21.9. The molecule has 6 rings (SSSR count). The highest BCUT2D eigenvalue weighted by atomic mass is 32.1. The van der Waals surface area contributed by atoms with Gasteiger partial charge in [0.2, 0.25) is 11.8 Å². The number of thiazole rings is 1. The third-order valence-corrected chi connectivity index (χ3v) is 8.97. The van der Waals surface area contributed by atoms with Crippen LogP contribution in [-0.4, -0.2) is 53.1 Å². The zero-order valence-electron chi connectivity index (χ0n) is 24.7. The highest BCUT2D eigenvalue weighted by Gasteiger charge is 2.41. The molecule has 45 heavy (non-hydrogen) atoms. The van der Waals surface area contributed by atoms with E-state index < -0.39 is 23.6 Å². The van der Waals surface area contributed by atoms with Crippen molar-refractivity contribution in [2.24, 2.45) is 5.92 Å². The lowest BCUT2D eigenvalue weighted by Crippen LogP contribution is -2.54. The fourth-order valence-electron chi connectivity index (χ4n) is 5.85. The lowest BCUT2D eigenvalue weighted by atomic mass is 9.86. The topological polar surface area (TPSA) is 109 Å². The number of nitrogens with zero attached hydrogens (tertiary/aromatic N) is 3. The number of nitrogens with one attached hydrogen (secondary N) is 1. The number of benzene rings is 3. The number of aromatic nitrogens is 1. The van der Waals surface area contributed by atoms with Gasteiger partial charge in [0.15, 0.2) is 0 Å². The van der Waals surface area contributed by atoms with E-state index in [9.17, 15) is 19.2 Å². The molecule has 0 saturated carbocycles. The molecule has 9 nitrogen and oxygen atoms in total. The number of fused-ring (bicyclic) bond motifs is 1. The standard InChI is InChI=1S/C35H32N4O5S/c1-44-26-18-16-25(17-19-26)36-34(42)32(24-12-6-3-7-13-24)39(20-30-37-28(22-45-30)23-10-4-2-5-11-23)31(40)21-38-29-15-9-8-14-27(29)33(41)35(38)43/h2-6,8-11,14-19,22,24,32H,7,12-13,20-21H2,1H3,(H,36,42). The van der Waals surface area contributed by atoms with Crippen LogP contribution in [-0.2, 0) is 20.9 Å². The summed E-state index contributed by atoms with van der Waals surface area (Å²) < 4.78 is 5.26. The molecule has 1 aromatic heterocycles. The molecule has 0 saturated heterocycles. The Morgan fingerprint density at radius 1 is 1.02 bits per heavy atom. The number of carbonyl (C=O) groups is 4. The van der Waals surface area contributed by atoms with Crippen LogP contribution < -0.4 is 15.0 Å². The van der Waals surface area contributed by atoms with Gasteiger partial charge in [0.05, 0.1) is 30.6 Å². The summed E-state index contributed by atoms with van der Waals surface area (Å²) in [6, 6.07) is 22.5. The van der Waals surface area contributed by atoms with Crippen molar-refractivity contribution in [1.29, 1.82) is 0 Å². The minimum absolute atomic E-state index is 0.0644. The molecular formula is C35H32N4O5S. The number of carbonyl (C=O) groups excluding carboxylic acids is 4. The third-order valence-electron chi connectivity index (χ3n) is 8.14. The van der Waals surface area contributed by atoms with Gasteiger partial charge >= 0.3 is 0 Å². The van der Waals surface area contributed by atoms with Crippen LogP contribution in [0.4, 0.5) is 11.4 Å². The summed E-state index contributed by atoms with van der Waals surface area (Å²) in [4.78, 5) is 61.8. The molecule has 0 bridgehead atoms. The van der Waals surface area contributed by atoms with Gasteiger partial charge in [-0.3, -0.25) is 24.1 Å². The molecule has 1 aliphatic heterocycles. The predicted molar refractivity (Wildman–Crippen MR) is 173 cm³/mol. The Morgan fingerprint density at radius 2 is 1.78 bits per heavy atom. The number of methoxy groups -OCH3 is 1. The maximum atomic E-state index is 14.3. The summed E-state index contributed by atoms with van der Waals surface area (Å²) in [5.41, 5.74) is 2.94.